The van der Waals surface area contributed by atoms with Crippen LogP contribution in [0, 0.1) is 11.3 Å². The molecule has 0 bridgehead atoms. The van der Waals surface area contributed by atoms with E-state index < -0.39 is 0 Å². The molecular weight excluding hydrogens is 242 g/mol. The van der Waals surface area contributed by atoms with Crippen LogP contribution in [0.4, 0.5) is 0 Å². The minimum absolute atomic E-state index is 0.708. The van der Waals surface area contributed by atoms with Crippen LogP contribution in [0.1, 0.15) is 48.7 Å². The Kier molecular flexibility index (Phi) is 4.73. The average molecular weight is 263 g/mol. The lowest BCUT2D eigenvalue weighted by Crippen LogP contribution is -2.38. The molecule has 0 aliphatic carbocycles. The summed E-state index contributed by atoms with van der Waals surface area (Å²) in [5.74, 6) is 0. The first kappa shape index (κ1) is 13.5. The van der Waals surface area contributed by atoms with Crippen molar-refractivity contribution in [3.63, 3.8) is 0 Å². The second-order valence-corrected chi connectivity index (χ2v) is 6.06. The van der Waals surface area contributed by atoms with E-state index in [0.717, 1.165) is 35.0 Å². The van der Waals surface area contributed by atoms with Crippen molar-refractivity contribution in [3.8, 4) is 6.07 Å². The van der Waals surface area contributed by atoms with Gasteiger partial charge in [0.2, 0.25) is 0 Å². The fourth-order valence-corrected chi connectivity index (χ4v) is 3.50. The van der Waals surface area contributed by atoms with E-state index in [1.807, 2.05) is 0 Å². The van der Waals surface area contributed by atoms with Gasteiger partial charge in [-0.1, -0.05) is 13.3 Å². The molecule has 1 atom stereocenters. The fourth-order valence-electron chi connectivity index (χ4n) is 2.56. The quantitative estimate of drug-likeness (QED) is 0.838. The molecule has 3 nitrogen and oxygen atoms in total. The summed E-state index contributed by atoms with van der Waals surface area (Å²) >= 11 is 1.57. The monoisotopic (exact) mass is 263 g/mol. The number of aryl methyl sites for hydroxylation is 1. The van der Waals surface area contributed by atoms with Gasteiger partial charge in [-0.2, -0.15) is 5.26 Å². The molecule has 0 aromatic carbocycles. The maximum Gasteiger partial charge on any atom is 0.128 e. The number of aromatic nitrogens is 1. The van der Waals surface area contributed by atoms with Crippen LogP contribution in [-0.4, -0.2) is 29.0 Å². The minimum Gasteiger partial charge on any atom is -0.300 e. The van der Waals surface area contributed by atoms with Gasteiger partial charge in [0.05, 0.1) is 10.7 Å². The van der Waals surface area contributed by atoms with Crippen LogP contribution in [0.25, 0.3) is 0 Å². The van der Waals surface area contributed by atoms with E-state index in [4.69, 9.17) is 5.26 Å². The third-order valence-corrected chi connectivity index (χ3v) is 4.79. The number of nitrogens with zero attached hydrogens (tertiary/aromatic N) is 3. The van der Waals surface area contributed by atoms with Crippen molar-refractivity contribution in [2.75, 3.05) is 13.1 Å². The minimum atomic E-state index is 0.708. The highest BCUT2D eigenvalue weighted by Crippen LogP contribution is 2.21. The van der Waals surface area contributed by atoms with Gasteiger partial charge < -0.3 is 4.90 Å². The molecular formula is C14H21N3S. The predicted molar refractivity (Wildman–Crippen MR) is 74.8 cm³/mol. The Morgan fingerprint density at radius 1 is 1.50 bits per heavy atom. The molecule has 0 radical (unpaired) electrons. The van der Waals surface area contributed by atoms with Crippen molar-refractivity contribution in [2.45, 2.75) is 52.0 Å². The highest BCUT2D eigenvalue weighted by atomic mass is 32.1. The molecule has 0 spiro atoms. The fraction of sp³-hybridized carbons (Fsp3) is 0.714. The first-order chi connectivity index (χ1) is 8.74. The van der Waals surface area contributed by atoms with Crippen LogP contribution < -0.4 is 0 Å². The number of piperidine rings is 1. The third-order valence-electron chi connectivity index (χ3n) is 3.73. The van der Waals surface area contributed by atoms with Gasteiger partial charge in [0.15, 0.2) is 0 Å². The standard InChI is InChI=1S/C14H21N3S/c1-3-12-13(10-15)18-14(16-12)7-9-17-8-5-4-6-11(17)2/h11H,3-9H2,1-2H3. The zero-order valence-electron chi connectivity index (χ0n) is 11.3. The molecule has 2 rings (SSSR count). The van der Waals surface area contributed by atoms with Crippen molar-refractivity contribution < 1.29 is 0 Å². The molecule has 4 heteroatoms. The van der Waals surface area contributed by atoms with Crippen molar-refractivity contribution in [1.82, 2.24) is 9.88 Å². The zero-order chi connectivity index (χ0) is 13.0. The highest BCUT2D eigenvalue weighted by molar-refractivity contribution is 7.12. The molecule has 18 heavy (non-hydrogen) atoms. The summed E-state index contributed by atoms with van der Waals surface area (Å²) in [7, 11) is 0. The van der Waals surface area contributed by atoms with Gasteiger partial charge >= 0.3 is 0 Å². The smallest absolute Gasteiger partial charge is 0.128 e. The second kappa shape index (κ2) is 6.31. The number of rotatable bonds is 4. The summed E-state index contributed by atoms with van der Waals surface area (Å²) < 4.78 is 0. The van der Waals surface area contributed by atoms with Crippen LogP contribution in [0.2, 0.25) is 0 Å². The van der Waals surface area contributed by atoms with Crippen LogP contribution in [0.15, 0.2) is 0 Å². The van der Waals surface area contributed by atoms with E-state index in [1.54, 1.807) is 11.3 Å². The Labute approximate surface area is 113 Å². The van der Waals surface area contributed by atoms with Gasteiger partial charge in [-0.25, -0.2) is 4.98 Å². The zero-order valence-corrected chi connectivity index (χ0v) is 12.1. The molecule has 0 amide bonds. The lowest BCUT2D eigenvalue weighted by atomic mass is 10.0. The first-order valence-electron chi connectivity index (χ1n) is 6.87. The number of hydrogen-bond donors (Lipinski definition) is 0. The molecule has 1 aliphatic heterocycles. The van der Waals surface area contributed by atoms with Gasteiger partial charge in [0.1, 0.15) is 10.9 Å². The molecule has 2 heterocycles. The van der Waals surface area contributed by atoms with Crippen LogP contribution in [0.3, 0.4) is 0 Å². The number of likely N-dealkylation sites (tertiary alicyclic amines) is 1. The van der Waals surface area contributed by atoms with Gasteiger partial charge in [-0.3, -0.25) is 0 Å². The number of hydrogen-bond acceptors (Lipinski definition) is 4. The van der Waals surface area contributed by atoms with Crippen LogP contribution in [0.5, 0.6) is 0 Å². The lowest BCUT2D eigenvalue weighted by Gasteiger charge is -2.32. The van der Waals surface area contributed by atoms with E-state index in [9.17, 15) is 0 Å². The van der Waals surface area contributed by atoms with Gasteiger partial charge in [-0.15, -0.1) is 11.3 Å². The highest BCUT2D eigenvalue weighted by Gasteiger charge is 2.18. The lowest BCUT2D eigenvalue weighted by molar-refractivity contribution is 0.163. The second-order valence-electron chi connectivity index (χ2n) is 4.98. The van der Waals surface area contributed by atoms with Crippen LogP contribution >= 0.6 is 11.3 Å². The molecule has 0 saturated carbocycles. The molecule has 1 aromatic heterocycles. The van der Waals surface area contributed by atoms with E-state index in [2.05, 4.69) is 29.8 Å². The Bertz CT molecular complexity index is 433. The Morgan fingerprint density at radius 3 is 2.94 bits per heavy atom. The Hall–Kier alpha value is -0.920. The predicted octanol–water partition coefficient (Wildman–Crippen LogP) is 2.99. The van der Waals surface area contributed by atoms with Gasteiger partial charge in [0.25, 0.3) is 0 Å². The topological polar surface area (TPSA) is 39.9 Å². The number of thiazole rings is 1. The number of nitriles is 1. The normalized spacial score (nSPS) is 20.8. The average Bonchev–Trinajstić information content (AvgIpc) is 2.80. The Balaban J connectivity index is 1.93. The van der Waals surface area contributed by atoms with Gasteiger partial charge in [0, 0.05) is 19.0 Å². The van der Waals surface area contributed by atoms with E-state index in [0.29, 0.717) is 6.04 Å². The maximum absolute atomic E-state index is 9.03. The van der Waals surface area contributed by atoms with E-state index >= 15 is 0 Å². The summed E-state index contributed by atoms with van der Waals surface area (Å²) in [6.07, 6.45) is 5.87. The van der Waals surface area contributed by atoms with Crippen molar-refractivity contribution in [1.29, 1.82) is 5.26 Å². The molecule has 1 aliphatic rings. The van der Waals surface area contributed by atoms with Crippen LogP contribution in [-0.2, 0) is 12.8 Å². The summed E-state index contributed by atoms with van der Waals surface area (Å²) in [5.41, 5.74) is 0.976. The molecule has 1 fully saturated rings. The third kappa shape index (κ3) is 3.09. The van der Waals surface area contributed by atoms with E-state index in [1.165, 1.54) is 25.8 Å². The van der Waals surface area contributed by atoms with E-state index in [-0.39, 0.29) is 0 Å². The van der Waals surface area contributed by atoms with Gasteiger partial charge in [-0.05, 0) is 32.7 Å². The molecule has 1 aromatic rings. The largest absolute Gasteiger partial charge is 0.300 e. The summed E-state index contributed by atoms with van der Waals surface area (Å²) in [6.45, 7) is 6.69. The first-order valence-corrected chi connectivity index (χ1v) is 7.69. The van der Waals surface area contributed by atoms with Crippen molar-refractivity contribution in [3.05, 3.63) is 15.6 Å². The molecule has 0 N–H and O–H groups in total. The Morgan fingerprint density at radius 2 is 2.33 bits per heavy atom. The SMILES string of the molecule is CCc1nc(CCN2CCCCC2C)sc1C#N. The summed E-state index contributed by atoms with van der Waals surface area (Å²) in [5, 5.41) is 10.2. The molecule has 1 unspecified atom stereocenters. The summed E-state index contributed by atoms with van der Waals surface area (Å²) in [4.78, 5) is 7.94. The molecule has 98 valence electrons. The van der Waals surface area contributed by atoms with Crippen molar-refractivity contribution >= 4 is 11.3 Å². The summed E-state index contributed by atoms with van der Waals surface area (Å²) in [6, 6.07) is 2.96. The van der Waals surface area contributed by atoms with Crippen molar-refractivity contribution in [2.24, 2.45) is 0 Å². The maximum atomic E-state index is 9.03. The molecule has 1 saturated heterocycles.